The lowest BCUT2D eigenvalue weighted by Crippen LogP contribution is -2.56. The third kappa shape index (κ3) is 3.42. The van der Waals surface area contributed by atoms with Crippen LogP contribution in [0.1, 0.15) is 13.8 Å². The van der Waals surface area contributed by atoms with E-state index in [4.69, 9.17) is 11.6 Å². The lowest BCUT2D eigenvalue weighted by atomic mass is 10.0. The Balaban J connectivity index is 1.95. The van der Waals surface area contributed by atoms with Crippen molar-refractivity contribution < 1.29 is 9.59 Å². The first kappa shape index (κ1) is 19.0. The van der Waals surface area contributed by atoms with Crippen LogP contribution in [0.2, 0.25) is 5.02 Å². The molecule has 0 aromatic heterocycles. The lowest BCUT2D eigenvalue weighted by molar-refractivity contribution is 0.155. The summed E-state index contributed by atoms with van der Waals surface area (Å²) in [7, 11) is 0. The van der Waals surface area contributed by atoms with Gasteiger partial charge in [-0.15, -0.1) is 0 Å². The van der Waals surface area contributed by atoms with E-state index in [1.54, 1.807) is 42.5 Å². The third-order valence-electron chi connectivity index (χ3n) is 4.31. The maximum absolute atomic E-state index is 12.8. The maximum atomic E-state index is 12.8. The van der Waals surface area contributed by atoms with E-state index in [9.17, 15) is 20.0 Å². The van der Waals surface area contributed by atoms with Crippen LogP contribution in [0, 0.1) is 10.4 Å². The number of hydrogen-bond donors (Lipinski definition) is 1. The van der Waals surface area contributed by atoms with Crippen molar-refractivity contribution in [1.82, 2.24) is 10.1 Å². The zero-order chi connectivity index (χ0) is 19.8. The number of benzene rings is 2. The van der Waals surface area contributed by atoms with E-state index in [-0.39, 0.29) is 15.8 Å². The molecule has 2 aromatic carbocycles. The van der Waals surface area contributed by atoms with Gasteiger partial charge in [0.2, 0.25) is 0 Å². The Kier molecular flexibility index (Phi) is 4.97. The zero-order valence-corrected chi connectivity index (χ0v) is 15.4. The van der Waals surface area contributed by atoms with Gasteiger partial charge in [-0.3, -0.25) is 4.90 Å². The highest BCUT2D eigenvalue weighted by Gasteiger charge is 2.50. The van der Waals surface area contributed by atoms with Gasteiger partial charge in [0.05, 0.1) is 5.54 Å². The van der Waals surface area contributed by atoms with E-state index in [2.05, 4.69) is 5.32 Å². The Morgan fingerprint density at radius 1 is 1.19 bits per heavy atom. The number of nitrogens with one attached hydrogen (secondary N) is 1. The number of nitrogens with zero attached hydrogens (tertiary/aromatic N) is 3. The predicted octanol–water partition coefficient (Wildman–Crippen LogP) is 4.22. The minimum absolute atomic E-state index is 0.101. The van der Waals surface area contributed by atoms with Crippen LogP contribution in [0.4, 0.5) is 21.0 Å². The number of hydrogen-bond acceptors (Lipinski definition) is 4. The normalized spacial score (nSPS) is 18.6. The fraction of sp³-hybridized carbons (Fsp3) is 0.222. The number of carbonyl (C=O) groups is 2. The topological polar surface area (TPSA) is 102 Å². The van der Waals surface area contributed by atoms with Crippen LogP contribution in [-0.2, 0) is 0 Å². The molecule has 9 heteroatoms. The molecule has 0 radical (unpaired) electrons. The van der Waals surface area contributed by atoms with E-state index < -0.39 is 23.8 Å². The summed E-state index contributed by atoms with van der Waals surface area (Å²) < 4.78 is 0. The molecular formula is C18H17ClN4O4-2. The van der Waals surface area contributed by atoms with E-state index in [0.717, 1.165) is 4.90 Å². The molecule has 0 unspecified atom stereocenters. The predicted molar refractivity (Wildman–Crippen MR) is 103 cm³/mol. The van der Waals surface area contributed by atoms with Crippen LogP contribution < -0.4 is 10.2 Å². The van der Waals surface area contributed by atoms with E-state index in [1.165, 1.54) is 26.0 Å². The van der Waals surface area contributed by atoms with Gasteiger partial charge in [0, 0.05) is 16.4 Å². The van der Waals surface area contributed by atoms with Crippen molar-refractivity contribution in [2.24, 2.45) is 0 Å². The highest BCUT2D eigenvalue weighted by Crippen LogP contribution is 2.38. The molecule has 1 atom stereocenters. The third-order valence-corrected chi connectivity index (χ3v) is 4.55. The number of para-hydroxylation sites is 1. The summed E-state index contributed by atoms with van der Waals surface area (Å²) in [5.41, 5.74) is -0.814. The van der Waals surface area contributed by atoms with Crippen LogP contribution >= 0.6 is 11.6 Å². The van der Waals surface area contributed by atoms with Crippen LogP contribution in [-0.4, -0.2) is 33.9 Å². The van der Waals surface area contributed by atoms with Crippen LogP contribution in [0.5, 0.6) is 0 Å². The molecule has 3 rings (SSSR count). The second-order valence-corrected chi connectivity index (χ2v) is 7.01. The van der Waals surface area contributed by atoms with E-state index in [0.29, 0.717) is 10.7 Å². The summed E-state index contributed by atoms with van der Waals surface area (Å²) in [6, 6.07) is 12.6. The summed E-state index contributed by atoms with van der Waals surface area (Å²) in [6.45, 7) is 2.85. The second kappa shape index (κ2) is 7.07. The largest absolute Gasteiger partial charge is 0.754 e. The molecule has 1 fully saturated rings. The summed E-state index contributed by atoms with van der Waals surface area (Å²) in [4.78, 5) is 26.0. The molecular weight excluding hydrogens is 372 g/mol. The van der Waals surface area contributed by atoms with Crippen molar-refractivity contribution in [3.63, 3.8) is 0 Å². The fourth-order valence-electron chi connectivity index (χ4n) is 2.95. The average Bonchev–Trinajstić information content (AvgIpc) is 2.82. The van der Waals surface area contributed by atoms with Gasteiger partial charge in [0.25, 0.3) is 0 Å². The smallest absolute Gasteiger partial charge is 0.316 e. The van der Waals surface area contributed by atoms with Crippen LogP contribution in [0.25, 0.3) is 0 Å². The molecule has 1 aliphatic heterocycles. The number of amides is 4. The van der Waals surface area contributed by atoms with Gasteiger partial charge < -0.3 is 25.9 Å². The van der Waals surface area contributed by atoms with Gasteiger partial charge in [-0.2, -0.15) is 0 Å². The Bertz CT molecular complexity index is 861. The lowest BCUT2D eigenvalue weighted by Gasteiger charge is -2.46. The summed E-state index contributed by atoms with van der Waals surface area (Å²) >= 11 is 5.97. The number of urea groups is 2. The van der Waals surface area contributed by atoms with E-state index in [1.807, 2.05) is 0 Å². The van der Waals surface area contributed by atoms with Crippen molar-refractivity contribution in [2.45, 2.75) is 25.6 Å². The monoisotopic (exact) mass is 388 g/mol. The molecule has 1 N–H and O–H groups in total. The van der Waals surface area contributed by atoms with Gasteiger partial charge in [0.15, 0.2) is 0 Å². The zero-order valence-electron chi connectivity index (χ0n) is 14.6. The van der Waals surface area contributed by atoms with Gasteiger partial charge in [-0.05, 0) is 44.2 Å². The molecule has 1 aliphatic rings. The van der Waals surface area contributed by atoms with Crippen molar-refractivity contribution in [2.75, 3.05) is 10.2 Å². The molecule has 0 aliphatic carbocycles. The highest BCUT2D eigenvalue weighted by molar-refractivity contribution is 6.31. The van der Waals surface area contributed by atoms with Crippen molar-refractivity contribution in [1.29, 1.82) is 0 Å². The molecule has 2 aromatic rings. The summed E-state index contributed by atoms with van der Waals surface area (Å²) in [5, 5.41) is 28.3. The first-order valence-electron chi connectivity index (χ1n) is 8.12. The minimum Gasteiger partial charge on any atom is -0.754 e. The molecule has 0 spiro atoms. The minimum atomic E-state index is -1.48. The SMILES string of the molecule is CC1(C)[C@@H](N([O-])C(=O)Nc2ccccc2)N(c2cccc(Cl)c2)C(=O)N1[O-]. The fourth-order valence-corrected chi connectivity index (χ4v) is 3.13. The number of carbonyl (C=O) groups excluding carboxylic acids is 2. The maximum Gasteiger partial charge on any atom is 0.316 e. The number of rotatable bonds is 3. The number of anilines is 2. The quantitative estimate of drug-likeness (QED) is 0.795. The van der Waals surface area contributed by atoms with Gasteiger partial charge in [0.1, 0.15) is 6.17 Å². The molecule has 0 bridgehead atoms. The molecule has 142 valence electrons. The molecule has 1 saturated heterocycles. The van der Waals surface area contributed by atoms with Crippen LogP contribution in [0.3, 0.4) is 0 Å². The molecule has 0 saturated carbocycles. The first-order valence-corrected chi connectivity index (χ1v) is 8.50. The van der Waals surface area contributed by atoms with Gasteiger partial charge in [-0.1, -0.05) is 35.9 Å². The summed E-state index contributed by atoms with van der Waals surface area (Å²) in [6.07, 6.45) is -1.38. The Labute approximate surface area is 161 Å². The van der Waals surface area contributed by atoms with Crippen molar-refractivity contribution >= 4 is 35.0 Å². The Morgan fingerprint density at radius 3 is 2.48 bits per heavy atom. The van der Waals surface area contributed by atoms with Crippen molar-refractivity contribution in [3.05, 3.63) is 70.0 Å². The molecule has 1 heterocycles. The van der Waals surface area contributed by atoms with E-state index >= 15 is 0 Å². The molecule has 4 amide bonds. The standard InChI is InChI=1S/C18H17ClN4O4/c1-18(2)15(22(26)16(24)20-13-8-4-3-5-9-13)21(17(25)23(18)27)14-10-6-7-12(19)11-14/h3-11,15H,1-2H3,(H,20,24)/q-2/t15-/m1/s1. The molecule has 27 heavy (non-hydrogen) atoms. The summed E-state index contributed by atoms with van der Waals surface area (Å²) in [5.74, 6) is 0. The Hall–Kier alpha value is -2.81. The molecule has 8 nitrogen and oxygen atoms in total. The second-order valence-electron chi connectivity index (χ2n) is 6.58. The van der Waals surface area contributed by atoms with Gasteiger partial charge >= 0.3 is 12.1 Å². The number of halogens is 1. The average molecular weight is 389 g/mol. The number of hydroxylamine groups is 4. The van der Waals surface area contributed by atoms with Crippen LogP contribution in [0.15, 0.2) is 54.6 Å². The van der Waals surface area contributed by atoms with Crippen molar-refractivity contribution in [3.8, 4) is 0 Å². The highest BCUT2D eigenvalue weighted by atomic mass is 35.5. The van der Waals surface area contributed by atoms with Gasteiger partial charge in [-0.25, -0.2) is 9.59 Å². The Morgan fingerprint density at radius 2 is 1.85 bits per heavy atom. The first-order chi connectivity index (χ1) is 12.7.